The predicted molar refractivity (Wildman–Crippen MR) is 68.2 cm³/mol. The lowest BCUT2D eigenvalue weighted by Gasteiger charge is -2.28. The van der Waals surface area contributed by atoms with Crippen molar-refractivity contribution in [3.8, 4) is 0 Å². The first-order valence-electron chi connectivity index (χ1n) is 5.61. The zero-order chi connectivity index (χ0) is 13.6. The maximum atomic E-state index is 12.3. The summed E-state index contributed by atoms with van der Waals surface area (Å²) in [5.74, 6) is 0. The van der Waals surface area contributed by atoms with E-state index in [-0.39, 0.29) is 16.8 Å². The molecular formula is C12H21N3O2. The summed E-state index contributed by atoms with van der Waals surface area (Å²) in [7, 11) is 0. The van der Waals surface area contributed by atoms with Crippen molar-refractivity contribution in [2.75, 3.05) is 0 Å². The Labute approximate surface area is 101 Å². The monoisotopic (exact) mass is 239 g/mol. The number of hydrogen-bond donors (Lipinski definition) is 1. The molecule has 0 saturated heterocycles. The summed E-state index contributed by atoms with van der Waals surface area (Å²) < 4.78 is 2.64. The van der Waals surface area contributed by atoms with Crippen molar-refractivity contribution < 1.29 is 0 Å². The second kappa shape index (κ2) is 3.84. The quantitative estimate of drug-likeness (QED) is 0.785. The van der Waals surface area contributed by atoms with Crippen LogP contribution in [0.3, 0.4) is 0 Å². The number of nitrogens with two attached hydrogens (primary N) is 1. The van der Waals surface area contributed by atoms with E-state index in [4.69, 9.17) is 5.73 Å². The van der Waals surface area contributed by atoms with E-state index in [2.05, 4.69) is 0 Å². The van der Waals surface area contributed by atoms with Gasteiger partial charge in [0.2, 0.25) is 0 Å². The van der Waals surface area contributed by atoms with E-state index in [1.165, 1.54) is 0 Å². The molecular weight excluding hydrogens is 218 g/mol. The molecule has 0 aliphatic carbocycles. The van der Waals surface area contributed by atoms with Crippen molar-refractivity contribution in [3.63, 3.8) is 0 Å². The van der Waals surface area contributed by atoms with Gasteiger partial charge in [-0.05, 0) is 41.5 Å². The van der Waals surface area contributed by atoms with Crippen molar-refractivity contribution in [2.45, 2.75) is 52.7 Å². The Hall–Kier alpha value is -1.36. The van der Waals surface area contributed by atoms with E-state index in [9.17, 15) is 9.59 Å². The van der Waals surface area contributed by atoms with Crippen LogP contribution in [0.4, 0.5) is 0 Å². The first kappa shape index (κ1) is 13.7. The second-order valence-electron chi connectivity index (χ2n) is 5.93. The van der Waals surface area contributed by atoms with Gasteiger partial charge in [0.25, 0.3) is 5.56 Å². The van der Waals surface area contributed by atoms with Gasteiger partial charge >= 0.3 is 5.69 Å². The van der Waals surface area contributed by atoms with Crippen LogP contribution in [0.25, 0.3) is 0 Å². The molecule has 2 N–H and O–H groups in total. The van der Waals surface area contributed by atoms with E-state index >= 15 is 0 Å². The van der Waals surface area contributed by atoms with Crippen LogP contribution in [0, 0.1) is 6.92 Å². The van der Waals surface area contributed by atoms with Crippen LogP contribution in [0.15, 0.2) is 15.8 Å². The maximum absolute atomic E-state index is 12.3. The van der Waals surface area contributed by atoms with E-state index in [0.29, 0.717) is 5.56 Å². The number of nitrogens with zero attached hydrogens (tertiary/aromatic N) is 2. The number of aryl methyl sites for hydroxylation is 1. The Balaban J connectivity index is 3.81. The predicted octanol–water partition coefficient (Wildman–Crippen LogP) is 0.725. The fraction of sp³-hybridized carbons (Fsp3) is 0.667. The van der Waals surface area contributed by atoms with Gasteiger partial charge in [-0.2, -0.15) is 0 Å². The van der Waals surface area contributed by atoms with Crippen LogP contribution in [-0.2, 0) is 11.2 Å². The lowest BCUT2D eigenvalue weighted by atomic mass is 10.1. The van der Waals surface area contributed by atoms with Gasteiger partial charge in [-0.25, -0.2) is 9.36 Å². The summed E-state index contributed by atoms with van der Waals surface area (Å²) in [6, 6.07) is 0. The van der Waals surface area contributed by atoms with E-state index in [1.807, 2.05) is 20.8 Å². The Morgan fingerprint density at radius 1 is 1.12 bits per heavy atom. The Morgan fingerprint density at radius 2 is 1.59 bits per heavy atom. The molecule has 0 aromatic carbocycles. The van der Waals surface area contributed by atoms with Gasteiger partial charge < -0.3 is 5.73 Å². The third-order valence-corrected chi connectivity index (χ3v) is 2.56. The molecule has 0 atom stereocenters. The molecule has 1 rings (SSSR count). The molecule has 0 spiro atoms. The van der Waals surface area contributed by atoms with E-state index in [0.717, 1.165) is 4.57 Å². The van der Waals surface area contributed by atoms with Crippen molar-refractivity contribution in [2.24, 2.45) is 5.73 Å². The van der Waals surface area contributed by atoms with Crippen LogP contribution in [0.1, 0.15) is 40.2 Å². The molecule has 0 amide bonds. The molecule has 0 bridgehead atoms. The molecule has 17 heavy (non-hydrogen) atoms. The minimum atomic E-state index is -1.01. The molecule has 5 heteroatoms. The number of aromatic nitrogens is 2. The van der Waals surface area contributed by atoms with Crippen molar-refractivity contribution in [1.82, 2.24) is 9.13 Å². The lowest BCUT2D eigenvalue weighted by molar-refractivity contribution is 0.297. The minimum Gasteiger partial charge on any atom is -0.309 e. The molecule has 0 aliphatic heterocycles. The van der Waals surface area contributed by atoms with Crippen LogP contribution in [-0.4, -0.2) is 9.13 Å². The Bertz CT molecular complexity index is 539. The summed E-state index contributed by atoms with van der Waals surface area (Å²) in [6.07, 6.45) is 1.59. The van der Waals surface area contributed by atoms with Crippen molar-refractivity contribution in [3.05, 3.63) is 32.6 Å². The van der Waals surface area contributed by atoms with Gasteiger partial charge in [0, 0.05) is 17.3 Å². The van der Waals surface area contributed by atoms with E-state index < -0.39 is 5.66 Å². The second-order valence-corrected chi connectivity index (χ2v) is 5.93. The van der Waals surface area contributed by atoms with Gasteiger partial charge in [-0.1, -0.05) is 0 Å². The molecule has 1 aromatic rings. The largest absolute Gasteiger partial charge is 0.333 e. The van der Waals surface area contributed by atoms with Crippen LogP contribution in [0.2, 0.25) is 0 Å². The van der Waals surface area contributed by atoms with Gasteiger partial charge in [-0.15, -0.1) is 0 Å². The fourth-order valence-corrected chi connectivity index (χ4v) is 1.66. The average Bonchev–Trinajstić information content (AvgIpc) is 2.07. The smallest absolute Gasteiger partial charge is 0.309 e. The highest BCUT2D eigenvalue weighted by Crippen LogP contribution is 2.11. The topological polar surface area (TPSA) is 70.0 Å². The minimum absolute atomic E-state index is 0.331. The van der Waals surface area contributed by atoms with E-state index in [1.54, 1.807) is 31.5 Å². The summed E-state index contributed by atoms with van der Waals surface area (Å²) in [6.45, 7) is 10.7. The maximum Gasteiger partial charge on any atom is 0.333 e. The van der Waals surface area contributed by atoms with Gasteiger partial charge in [0.1, 0.15) is 0 Å². The van der Waals surface area contributed by atoms with Crippen LogP contribution in [0.5, 0.6) is 0 Å². The number of hydrogen-bond acceptors (Lipinski definition) is 3. The average molecular weight is 239 g/mol. The molecule has 96 valence electrons. The molecule has 1 aromatic heterocycles. The molecule has 0 aliphatic rings. The van der Waals surface area contributed by atoms with Crippen molar-refractivity contribution >= 4 is 0 Å². The number of rotatable bonds is 1. The fourth-order valence-electron chi connectivity index (χ4n) is 1.66. The highest BCUT2D eigenvalue weighted by atomic mass is 16.2. The van der Waals surface area contributed by atoms with Gasteiger partial charge in [-0.3, -0.25) is 9.36 Å². The normalized spacial score (nSPS) is 12.9. The summed E-state index contributed by atoms with van der Waals surface area (Å²) in [4.78, 5) is 24.3. The molecule has 5 nitrogen and oxygen atoms in total. The van der Waals surface area contributed by atoms with Crippen LogP contribution >= 0.6 is 0 Å². The molecule has 0 unspecified atom stereocenters. The van der Waals surface area contributed by atoms with Crippen molar-refractivity contribution in [1.29, 1.82) is 0 Å². The Morgan fingerprint density at radius 3 is 1.94 bits per heavy atom. The first-order chi connectivity index (χ1) is 7.46. The first-order valence-corrected chi connectivity index (χ1v) is 5.61. The molecule has 0 radical (unpaired) electrons. The highest BCUT2D eigenvalue weighted by molar-refractivity contribution is 5.06. The summed E-state index contributed by atoms with van der Waals surface area (Å²) in [5.41, 5.74) is 4.30. The van der Waals surface area contributed by atoms with Gasteiger partial charge in [0.05, 0.1) is 5.66 Å². The third-order valence-electron chi connectivity index (χ3n) is 2.56. The summed E-state index contributed by atoms with van der Waals surface area (Å²) in [5, 5.41) is 0. The lowest BCUT2D eigenvalue weighted by Crippen LogP contribution is -2.55. The third kappa shape index (κ3) is 2.49. The molecule has 0 fully saturated rings. The SMILES string of the molecule is Cc1cn(C(C)(C)C)c(=O)n(C(C)(C)N)c1=O. The standard InChI is InChI=1S/C12H21N3O2/c1-8-7-14(11(2,3)4)10(17)15(9(8)16)12(5,6)13/h7H,13H2,1-6H3. The Kier molecular flexibility index (Phi) is 3.09. The zero-order valence-corrected chi connectivity index (χ0v) is 11.4. The van der Waals surface area contributed by atoms with Gasteiger partial charge in [0.15, 0.2) is 0 Å². The molecule has 0 saturated carbocycles. The molecule has 1 heterocycles. The van der Waals surface area contributed by atoms with Crippen LogP contribution < -0.4 is 17.0 Å². The zero-order valence-electron chi connectivity index (χ0n) is 11.4. The summed E-state index contributed by atoms with van der Waals surface area (Å²) >= 11 is 0. The highest BCUT2D eigenvalue weighted by Gasteiger charge is 2.24.